The molecule has 4 aromatic heterocycles. The van der Waals surface area contributed by atoms with Gasteiger partial charge in [-0.15, -0.1) is 0 Å². The van der Waals surface area contributed by atoms with Crippen LogP contribution in [0.5, 0.6) is 0 Å². The van der Waals surface area contributed by atoms with Gasteiger partial charge in [0.15, 0.2) is 17.5 Å². The highest BCUT2D eigenvalue weighted by molar-refractivity contribution is 6.17. The Hall–Kier alpha value is -7.70. The van der Waals surface area contributed by atoms with Crippen LogP contribution in [0.15, 0.2) is 191 Å². The molecule has 0 unspecified atom stereocenters. The topological polar surface area (TPSA) is 77.8 Å². The van der Waals surface area contributed by atoms with Crippen LogP contribution >= 0.6 is 0 Å². The molecule has 0 aliphatic carbocycles. The maximum absolute atomic E-state index is 6.67. The molecule has 262 valence electrons. The molecule has 11 aromatic rings. The third-order valence-electron chi connectivity index (χ3n) is 10.5. The molecule has 0 bridgehead atoms. The number of rotatable bonds is 6. The van der Waals surface area contributed by atoms with Gasteiger partial charge >= 0.3 is 0 Å². The number of pyridine rings is 1. The Bertz CT molecular complexity index is 3240. The van der Waals surface area contributed by atoms with E-state index < -0.39 is 0 Å². The molecule has 0 saturated heterocycles. The van der Waals surface area contributed by atoms with Gasteiger partial charge in [0.25, 0.3) is 0 Å². The summed E-state index contributed by atoms with van der Waals surface area (Å²) >= 11 is 0. The molecule has 56 heavy (non-hydrogen) atoms. The lowest BCUT2D eigenvalue weighted by molar-refractivity contribution is 0.668. The van der Waals surface area contributed by atoms with Crippen molar-refractivity contribution in [1.29, 1.82) is 0 Å². The molecule has 0 amide bonds. The monoisotopic (exact) mass is 718 g/mol. The predicted molar refractivity (Wildman–Crippen MR) is 225 cm³/mol. The van der Waals surface area contributed by atoms with Gasteiger partial charge in [0.05, 0.1) is 0 Å². The lowest BCUT2D eigenvalue weighted by Crippen LogP contribution is -2.01. The molecule has 0 aliphatic rings. The molecule has 0 spiro atoms. The minimum absolute atomic E-state index is 0.589. The molecule has 11 rings (SSSR count). The quantitative estimate of drug-likeness (QED) is 0.170. The zero-order valence-corrected chi connectivity index (χ0v) is 29.9. The number of hydrogen-bond acceptors (Lipinski definition) is 6. The summed E-state index contributed by atoms with van der Waals surface area (Å²) in [5.74, 6) is 1.79. The normalized spacial score (nSPS) is 11.6. The summed E-state index contributed by atoms with van der Waals surface area (Å²) < 4.78 is 13.0. The first-order chi connectivity index (χ1) is 27.7. The van der Waals surface area contributed by atoms with Gasteiger partial charge in [0.1, 0.15) is 22.3 Å². The Morgan fingerprint density at radius 3 is 1.71 bits per heavy atom. The summed E-state index contributed by atoms with van der Waals surface area (Å²) in [4.78, 5) is 19.5. The number of benzene rings is 7. The van der Waals surface area contributed by atoms with Crippen LogP contribution in [0, 0.1) is 0 Å². The van der Waals surface area contributed by atoms with Gasteiger partial charge in [-0.3, -0.25) is 4.98 Å². The standard InChI is InChI=1S/C50H30N4O2/c1-2-11-32(12-3-1)48-52-49(54-50(53-48)41-16-5-4-14-36(41)35-13-10-28-51-30-35)33-22-20-31(21-23-33)38-27-26-37(46-42-17-7-9-19-44(42)56-47(38)46)34-24-25-40-39-15-6-8-18-43(39)55-45(40)29-34/h1-30H. The van der Waals surface area contributed by atoms with E-state index in [1.54, 1.807) is 6.20 Å². The smallest absolute Gasteiger partial charge is 0.164 e. The number of hydrogen-bond donors (Lipinski definition) is 0. The minimum atomic E-state index is 0.589. The summed E-state index contributed by atoms with van der Waals surface area (Å²) in [5.41, 5.74) is 12.3. The number of nitrogens with zero attached hydrogens (tertiary/aromatic N) is 4. The van der Waals surface area contributed by atoms with Crippen LogP contribution in [0.3, 0.4) is 0 Å². The molecule has 0 atom stereocenters. The van der Waals surface area contributed by atoms with E-state index in [0.29, 0.717) is 17.5 Å². The molecular weight excluding hydrogens is 689 g/mol. The largest absolute Gasteiger partial charge is 0.456 e. The SMILES string of the molecule is c1ccc(-c2nc(-c3ccc(-c4ccc(-c5ccc6c(c5)oc5ccccc56)c5c4oc4ccccc45)cc3)nc(-c3ccccc3-c3cccnc3)n2)cc1. The van der Waals surface area contributed by atoms with Crippen LogP contribution in [0.2, 0.25) is 0 Å². The number of para-hydroxylation sites is 2. The fourth-order valence-corrected chi connectivity index (χ4v) is 7.78. The van der Waals surface area contributed by atoms with E-state index in [1.165, 1.54) is 0 Å². The van der Waals surface area contributed by atoms with Crippen molar-refractivity contribution >= 4 is 43.9 Å². The Kier molecular flexibility index (Phi) is 7.38. The average Bonchev–Trinajstić information content (AvgIpc) is 3.85. The van der Waals surface area contributed by atoms with Gasteiger partial charge in [0.2, 0.25) is 0 Å². The zero-order chi connectivity index (χ0) is 37.0. The summed E-state index contributed by atoms with van der Waals surface area (Å²) in [6.45, 7) is 0. The lowest BCUT2D eigenvalue weighted by atomic mass is 9.94. The fraction of sp³-hybridized carbons (Fsp3) is 0. The van der Waals surface area contributed by atoms with Crippen LogP contribution in [-0.2, 0) is 0 Å². The maximum atomic E-state index is 6.67. The molecule has 0 radical (unpaired) electrons. The third kappa shape index (κ3) is 5.35. The average molecular weight is 719 g/mol. The molecule has 0 N–H and O–H groups in total. The highest BCUT2D eigenvalue weighted by Gasteiger charge is 2.20. The van der Waals surface area contributed by atoms with Gasteiger partial charge < -0.3 is 8.83 Å². The summed E-state index contributed by atoms with van der Waals surface area (Å²) in [6.07, 6.45) is 3.64. The fourth-order valence-electron chi connectivity index (χ4n) is 7.78. The van der Waals surface area contributed by atoms with Crippen molar-refractivity contribution in [3.63, 3.8) is 0 Å². The van der Waals surface area contributed by atoms with E-state index in [1.807, 2.05) is 85.1 Å². The van der Waals surface area contributed by atoms with E-state index >= 15 is 0 Å². The lowest BCUT2D eigenvalue weighted by Gasteiger charge is -2.12. The zero-order valence-electron chi connectivity index (χ0n) is 29.9. The Balaban J connectivity index is 1.03. The van der Waals surface area contributed by atoms with Crippen molar-refractivity contribution in [1.82, 2.24) is 19.9 Å². The Morgan fingerprint density at radius 1 is 0.339 bits per heavy atom. The number of aromatic nitrogens is 4. The second-order valence-electron chi connectivity index (χ2n) is 13.8. The first-order valence-electron chi connectivity index (χ1n) is 18.5. The summed E-state index contributed by atoms with van der Waals surface area (Å²) in [6, 6.07) is 57.8. The van der Waals surface area contributed by atoms with Gasteiger partial charge in [-0.25, -0.2) is 15.0 Å². The van der Waals surface area contributed by atoms with Gasteiger partial charge in [0, 0.05) is 61.8 Å². The van der Waals surface area contributed by atoms with Crippen molar-refractivity contribution in [3.8, 4) is 67.5 Å². The van der Waals surface area contributed by atoms with Gasteiger partial charge in [-0.05, 0) is 58.7 Å². The third-order valence-corrected chi connectivity index (χ3v) is 10.5. The van der Waals surface area contributed by atoms with Crippen molar-refractivity contribution in [2.75, 3.05) is 0 Å². The molecule has 0 aliphatic heterocycles. The van der Waals surface area contributed by atoms with Gasteiger partial charge in [-0.2, -0.15) is 0 Å². The second-order valence-corrected chi connectivity index (χ2v) is 13.8. The highest BCUT2D eigenvalue weighted by Crippen LogP contribution is 2.43. The van der Waals surface area contributed by atoms with Crippen LogP contribution in [0.4, 0.5) is 0 Å². The van der Waals surface area contributed by atoms with Crippen LogP contribution < -0.4 is 0 Å². The maximum Gasteiger partial charge on any atom is 0.164 e. The van der Waals surface area contributed by atoms with E-state index in [0.717, 1.165) is 93.9 Å². The van der Waals surface area contributed by atoms with Gasteiger partial charge in [-0.1, -0.05) is 133 Å². The molecular formula is C50H30N4O2. The van der Waals surface area contributed by atoms with E-state index in [-0.39, 0.29) is 0 Å². The predicted octanol–water partition coefficient (Wildman–Crippen LogP) is 13.1. The molecule has 6 nitrogen and oxygen atoms in total. The molecule has 0 fully saturated rings. The molecule has 0 saturated carbocycles. The van der Waals surface area contributed by atoms with Crippen molar-refractivity contribution in [3.05, 3.63) is 182 Å². The molecule has 6 heteroatoms. The Morgan fingerprint density at radius 2 is 0.929 bits per heavy atom. The van der Waals surface area contributed by atoms with Crippen molar-refractivity contribution in [2.24, 2.45) is 0 Å². The first-order valence-corrected chi connectivity index (χ1v) is 18.5. The van der Waals surface area contributed by atoms with Crippen LogP contribution in [0.1, 0.15) is 0 Å². The van der Waals surface area contributed by atoms with E-state index in [9.17, 15) is 0 Å². The van der Waals surface area contributed by atoms with Crippen molar-refractivity contribution in [2.45, 2.75) is 0 Å². The molecule has 4 heterocycles. The Labute approximate surface area is 321 Å². The van der Waals surface area contributed by atoms with Crippen LogP contribution in [0.25, 0.3) is 111 Å². The second kappa shape index (κ2) is 13.0. The molecule has 7 aromatic carbocycles. The van der Waals surface area contributed by atoms with E-state index in [2.05, 4.69) is 96.0 Å². The highest BCUT2D eigenvalue weighted by atomic mass is 16.3. The van der Waals surface area contributed by atoms with Crippen molar-refractivity contribution < 1.29 is 8.83 Å². The van der Waals surface area contributed by atoms with Crippen LogP contribution in [-0.4, -0.2) is 19.9 Å². The van der Waals surface area contributed by atoms with E-state index in [4.69, 9.17) is 23.8 Å². The number of fused-ring (bicyclic) bond motifs is 6. The summed E-state index contributed by atoms with van der Waals surface area (Å²) in [5, 5.41) is 4.36. The minimum Gasteiger partial charge on any atom is -0.456 e. The number of furan rings is 2. The summed E-state index contributed by atoms with van der Waals surface area (Å²) in [7, 11) is 0. The first kappa shape index (κ1) is 31.8.